The lowest BCUT2D eigenvalue weighted by Crippen LogP contribution is -2.41. The summed E-state index contributed by atoms with van der Waals surface area (Å²) < 4.78 is 29.8. The Kier molecular flexibility index (Phi) is 5.09. The maximum atomic E-state index is 13.4. The first-order chi connectivity index (χ1) is 14.8. The number of fused-ring (bicyclic) bond motifs is 1. The number of piperidine rings is 1. The zero-order chi connectivity index (χ0) is 21.8. The quantitative estimate of drug-likeness (QED) is 0.700. The van der Waals surface area contributed by atoms with E-state index in [2.05, 4.69) is 4.98 Å². The third kappa shape index (κ3) is 3.76. The summed E-state index contributed by atoms with van der Waals surface area (Å²) in [4.78, 5) is 28.2. The van der Waals surface area contributed by atoms with Crippen LogP contribution in [-0.2, 0) is 28.3 Å². The maximum Gasteiger partial charge on any atom is 0.262 e. The molecular weight excluding hydrogens is 416 g/mol. The van der Waals surface area contributed by atoms with E-state index < -0.39 is 16.1 Å². The molecule has 166 valence electrons. The Labute approximate surface area is 182 Å². The molecule has 2 aliphatic heterocycles. The van der Waals surface area contributed by atoms with Crippen molar-refractivity contribution in [1.82, 2.24) is 23.8 Å². The number of aryl methyl sites for hydroxylation is 2. The third-order valence-corrected chi connectivity index (χ3v) is 8.29. The molecule has 31 heavy (non-hydrogen) atoms. The van der Waals surface area contributed by atoms with Gasteiger partial charge in [0, 0.05) is 44.0 Å². The normalized spacial score (nSPS) is 22.6. The second-order valence-corrected chi connectivity index (χ2v) is 10.8. The van der Waals surface area contributed by atoms with Crippen molar-refractivity contribution in [3.63, 3.8) is 0 Å². The smallest absolute Gasteiger partial charge is 0.262 e. The number of hydrogen-bond acceptors (Lipinski definition) is 6. The van der Waals surface area contributed by atoms with Gasteiger partial charge < -0.3 is 4.57 Å². The Morgan fingerprint density at radius 2 is 1.94 bits per heavy atom. The van der Waals surface area contributed by atoms with Crippen molar-refractivity contribution >= 4 is 21.7 Å². The molecule has 0 N–H and O–H groups in total. The topological polar surface area (TPSA) is 101 Å². The average Bonchev–Trinajstić information content (AvgIpc) is 3.46. The Morgan fingerprint density at radius 1 is 1.13 bits per heavy atom. The largest absolute Gasteiger partial charge is 0.339 e. The van der Waals surface area contributed by atoms with E-state index in [4.69, 9.17) is 9.97 Å². The van der Waals surface area contributed by atoms with Gasteiger partial charge in [-0.25, -0.2) is 23.4 Å². The Balaban J connectivity index is 1.54. The molecule has 0 radical (unpaired) electrons. The molecule has 1 saturated heterocycles. The summed E-state index contributed by atoms with van der Waals surface area (Å²) >= 11 is 0. The molecule has 1 aliphatic carbocycles. The molecule has 10 heteroatoms. The van der Waals surface area contributed by atoms with Crippen LogP contribution in [0.4, 0.5) is 5.82 Å². The molecule has 0 unspecified atom stereocenters. The summed E-state index contributed by atoms with van der Waals surface area (Å²) in [5.74, 6) is 1.83. The van der Waals surface area contributed by atoms with E-state index in [1.54, 1.807) is 11.6 Å². The van der Waals surface area contributed by atoms with E-state index in [-0.39, 0.29) is 10.9 Å². The van der Waals surface area contributed by atoms with E-state index >= 15 is 0 Å². The molecule has 4 heterocycles. The van der Waals surface area contributed by atoms with Crippen LogP contribution in [0, 0.1) is 12.8 Å². The van der Waals surface area contributed by atoms with Crippen LogP contribution in [0.15, 0.2) is 17.6 Å². The second-order valence-electron chi connectivity index (χ2n) is 8.92. The van der Waals surface area contributed by atoms with Gasteiger partial charge in [0.15, 0.2) is 5.03 Å². The minimum absolute atomic E-state index is 0.0436. The number of rotatable bonds is 5. The van der Waals surface area contributed by atoms with Crippen LogP contribution in [0.3, 0.4) is 0 Å². The Morgan fingerprint density at radius 3 is 2.65 bits per heavy atom. The number of anilines is 1. The van der Waals surface area contributed by atoms with Crippen molar-refractivity contribution in [3.8, 4) is 0 Å². The van der Waals surface area contributed by atoms with Crippen molar-refractivity contribution in [2.45, 2.75) is 62.9 Å². The first-order valence-corrected chi connectivity index (χ1v) is 12.5. The Hall–Kier alpha value is -2.33. The van der Waals surface area contributed by atoms with Crippen LogP contribution < -0.4 is 4.90 Å². The number of aromatic nitrogens is 4. The van der Waals surface area contributed by atoms with Crippen LogP contribution in [0.25, 0.3) is 0 Å². The molecule has 3 aliphatic rings. The lowest BCUT2D eigenvalue weighted by Gasteiger charge is -2.35. The van der Waals surface area contributed by atoms with E-state index in [1.807, 2.05) is 11.8 Å². The molecule has 0 aromatic carbocycles. The highest BCUT2D eigenvalue weighted by molar-refractivity contribution is 7.89. The molecule has 9 nitrogen and oxygen atoms in total. The van der Waals surface area contributed by atoms with Gasteiger partial charge in [-0.05, 0) is 44.9 Å². The van der Waals surface area contributed by atoms with Crippen molar-refractivity contribution < 1.29 is 13.2 Å². The molecule has 1 amide bonds. The highest BCUT2D eigenvalue weighted by atomic mass is 32.2. The molecule has 2 aromatic heterocycles. The van der Waals surface area contributed by atoms with E-state index in [0.717, 1.165) is 36.9 Å². The van der Waals surface area contributed by atoms with Crippen molar-refractivity contribution in [3.05, 3.63) is 29.6 Å². The van der Waals surface area contributed by atoms with Crippen LogP contribution in [0.1, 0.15) is 61.6 Å². The summed E-state index contributed by atoms with van der Waals surface area (Å²) in [7, 11) is -2.01. The van der Waals surface area contributed by atoms with Crippen LogP contribution in [0.5, 0.6) is 0 Å². The fourth-order valence-corrected chi connectivity index (χ4v) is 6.22. The second kappa shape index (κ2) is 7.67. The van der Waals surface area contributed by atoms with Gasteiger partial charge >= 0.3 is 0 Å². The molecule has 2 aromatic rings. The van der Waals surface area contributed by atoms with Gasteiger partial charge in [-0.15, -0.1) is 0 Å². The molecule has 0 spiro atoms. The third-order valence-electron chi connectivity index (χ3n) is 6.50. The minimum Gasteiger partial charge on any atom is -0.339 e. The summed E-state index contributed by atoms with van der Waals surface area (Å²) in [6.45, 7) is 3.05. The summed E-state index contributed by atoms with van der Waals surface area (Å²) in [5, 5.41) is 0.0436. The summed E-state index contributed by atoms with van der Waals surface area (Å²) in [6, 6.07) is -0.454. The number of carbonyl (C=O) groups excluding carboxylic acids is 1. The molecule has 2 fully saturated rings. The van der Waals surface area contributed by atoms with Crippen molar-refractivity contribution in [2.24, 2.45) is 13.0 Å². The standard InChI is InChI=1S/C21H28N6O3S/c1-14-16-8-9-19(28)26(11-15-6-7-15)21(16)24-20(23-14)17-5-3-4-10-27(17)31(29,30)18-12-25(2)13-22-18/h12-13,15,17H,3-11H2,1-2H3/t17-/m1/s1. The number of amides is 1. The molecule has 5 rings (SSSR count). The van der Waals surface area contributed by atoms with E-state index in [9.17, 15) is 13.2 Å². The first kappa shape index (κ1) is 20.6. The summed E-state index contributed by atoms with van der Waals surface area (Å²) in [5.41, 5.74) is 1.85. The highest BCUT2D eigenvalue weighted by Gasteiger charge is 2.39. The SMILES string of the molecule is Cc1nc([C@H]2CCCCN2S(=O)(=O)c2cn(C)cn2)nc2c1CCC(=O)N2CC1CC1. The van der Waals surface area contributed by atoms with Gasteiger partial charge in [0.25, 0.3) is 10.0 Å². The number of sulfonamides is 1. The zero-order valence-electron chi connectivity index (χ0n) is 18.0. The lowest BCUT2D eigenvalue weighted by atomic mass is 10.0. The minimum atomic E-state index is -3.77. The fourth-order valence-electron chi connectivity index (χ4n) is 4.59. The highest BCUT2D eigenvalue weighted by Crippen LogP contribution is 2.38. The van der Waals surface area contributed by atoms with Crippen molar-refractivity contribution in [2.75, 3.05) is 18.0 Å². The predicted octanol–water partition coefficient (Wildman–Crippen LogP) is 2.12. The number of carbonyl (C=O) groups is 1. The average molecular weight is 445 g/mol. The molecule has 0 bridgehead atoms. The van der Waals surface area contributed by atoms with Gasteiger partial charge in [0.05, 0.1) is 12.4 Å². The maximum absolute atomic E-state index is 13.4. The predicted molar refractivity (Wildman–Crippen MR) is 114 cm³/mol. The van der Waals surface area contributed by atoms with Crippen LogP contribution in [-0.4, -0.2) is 51.2 Å². The van der Waals surface area contributed by atoms with Gasteiger partial charge in [0.2, 0.25) is 5.91 Å². The molecular formula is C21H28N6O3S. The lowest BCUT2D eigenvalue weighted by molar-refractivity contribution is -0.119. The van der Waals surface area contributed by atoms with Gasteiger partial charge in [0.1, 0.15) is 11.6 Å². The van der Waals surface area contributed by atoms with E-state index in [1.165, 1.54) is 16.8 Å². The summed E-state index contributed by atoms with van der Waals surface area (Å²) in [6.07, 6.45) is 8.78. The van der Waals surface area contributed by atoms with Crippen LogP contribution >= 0.6 is 0 Å². The van der Waals surface area contributed by atoms with Crippen LogP contribution in [0.2, 0.25) is 0 Å². The monoisotopic (exact) mass is 444 g/mol. The van der Waals surface area contributed by atoms with Gasteiger partial charge in [-0.1, -0.05) is 6.42 Å². The molecule has 1 atom stereocenters. The fraction of sp³-hybridized carbons (Fsp3) is 0.619. The van der Waals surface area contributed by atoms with Crippen molar-refractivity contribution in [1.29, 1.82) is 0 Å². The van der Waals surface area contributed by atoms with Gasteiger partial charge in [-0.3, -0.25) is 9.69 Å². The Bertz CT molecular complexity index is 1120. The first-order valence-electron chi connectivity index (χ1n) is 11.0. The number of nitrogens with zero attached hydrogens (tertiary/aromatic N) is 6. The zero-order valence-corrected chi connectivity index (χ0v) is 18.8. The number of hydrogen-bond donors (Lipinski definition) is 0. The number of imidazole rings is 1. The van der Waals surface area contributed by atoms with E-state index in [0.29, 0.717) is 49.9 Å². The van der Waals surface area contributed by atoms with Gasteiger partial charge in [-0.2, -0.15) is 4.31 Å². The molecule has 1 saturated carbocycles.